The molecule has 2 heterocycles. The zero-order chi connectivity index (χ0) is 16.8. The van der Waals surface area contributed by atoms with Gasteiger partial charge in [0, 0.05) is 30.7 Å². The minimum Gasteiger partial charge on any atom is -0.350 e. The smallest absolute Gasteiger partial charge is 0.220 e. The Kier molecular flexibility index (Phi) is 5.01. The summed E-state index contributed by atoms with van der Waals surface area (Å²) in [6.07, 6.45) is 6.47. The van der Waals surface area contributed by atoms with Crippen molar-refractivity contribution in [1.29, 1.82) is 0 Å². The first-order valence-electron chi connectivity index (χ1n) is 8.01. The first-order valence-corrected chi connectivity index (χ1v) is 8.01. The van der Waals surface area contributed by atoms with Crippen molar-refractivity contribution in [1.82, 2.24) is 20.1 Å². The van der Waals surface area contributed by atoms with Gasteiger partial charge in [-0.05, 0) is 49.2 Å². The number of benzene rings is 1. The summed E-state index contributed by atoms with van der Waals surface area (Å²) in [7, 11) is 0. The van der Waals surface area contributed by atoms with Crippen LogP contribution in [0.15, 0.2) is 67.1 Å². The lowest BCUT2D eigenvalue weighted by Gasteiger charge is -2.15. The van der Waals surface area contributed by atoms with Crippen LogP contribution < -0.4 is 5.32 Å². The second-order valence-electron chi connectivity index (χ2n) is 5.66. The summed E-state index contributed by atoms with van der Waals surface area (Å²) in [5.74, 6) is 0.0256. The van der Waals surface area contributed by atoms with E-state index in [1.807, 2.05) is 61.7 Å². The zero-order valence-electron chi connectivity index (χ0n) is 13.6. The van der Waals surface area contributed by atoms with E-state index in [2.05, 4.69) is 15.4 Å². The molecule has 0 fully saturated rings. The lowest BCUT2D eigenvalue weighted by Crippen LogP contribution is -2.27. The van der Waals surface area contributed by atoms with Gasteiger partial charge in [0.15, 0.2) is 0 Å². The van der Waals surface area contributed by atoms with Gasteiger partial charge < -0.3 is 5.32 Å². The van der Waals surface area contributed by atoms with Crippen molar-refractivity contribution in [2.45, 2.75) is 25.8 Å². The topological polar surface area (TPSA) is 59.8 Å². The van der Waals surface area contributed by atoms with E-state index in [0.29, 0.717) is 12.8 Å². The monoisotopic (exact) mass is 320 g/mol. The maximum atomic E-state index is 12.2. The molecule has 0 saturated carbocycles. The number of amides is 1. The maximum absolute atomic E-state index is 12.2. The van der Waals surface area contributed by atoms with Crippen LogP contribution in [0.1, 0.15) is 30.6 Å². The normalized spacial score (nSPS) is 11.9. The average molecular weight is 320 g/mol. The summed E-state index contributed by atoms with van der Waals surface area (Å²) in [6.45, 7) is 1.99. The summed E-state index contributed by atoms with van der Waals surface area (Å²) in [5, 5.41) is 7.28. The predicted molar refractivity (Wildman–Crippen MR) is 92.7 cm³/mol. The molecule has 1 amide bonds. The minimum absolute atomic E-state index is 0.0256. The van der Waals surface area contributed by atoms with E-state index in [4.69, 9.17) is 0 Å². The number of nitrogens with zero attached hydrogens (tertiary/aromatic N) is 3. The fraction of sp³-hybridized carbons (Fsp3) is 0.211. The van der Waals surface area contributed by atoms with Crippen LogP contribution >= 0.6 is 0 Å². The molecular formula is C19H20N4O. The number of hydrogen-bond acceptors (Lipinski definition) is 3. The number of pyridine rings is 1. The highest BCUT2D eigenvalue weighted by atomic mass is 16.1. The molecule has 5 nitrogen and oxygen atoms in total. The lowest BCUT2D eigenvalue weighted by atomic mass is 10.1. The van der Waals surface area contributed by atoms with Gasteiger partial charge in [-0.1, -0.05) is 18.2 Å². The number of carbonyl (C=O) groups is 1. The number of aromatic nitrogens is 3. The summed E-state index contributed by atoms with van der Waals surface area (Å²) >= 11 is 0. The van der Waals surface area contributed by atoms with Crippen molar-refractivity contribution in [3.05, 3.63) is 78.4 Å². The molecule has 2 aromatic heterocycles. The number of hydrogen-bond donors (Lipinski definition) is 1. The Balaban J connectivity index is 1.59. The Morgan fingerprint density at radius 3 is 2.83 bits per heavy atom. The van der Waals surface area contributed by atoms with Crippen LogP contribution in [0.5, 0.6) is 0 Å². The van der Waals surface area contributed by atoms with Crippen molar-refractivity contribution in [3.8, 4) is 5.69 Å². The second-order valence-corrected chi connectivity index (χ2v) is 5.66. The third-order valence-corrected chi connectivity index (χ3v) is 3.85. The molecule has 1 aromatic carbocycles. The Morgan fingerprint density at radius 2 is 2.08 bits per heavy atom. The SMILES string of the molecule is CC(NC(=O)CCc1ccccn1)c1cccc(-n2cccn2)c1. The van der Waals surface area contributed by atoms with Gasteiger partial charge in [-0.15, -0.1) is 0 Å². The molecule has 24 heavy (non-hydrogen) atoms. The van der Waals surface area contributed by atoms with E-state index in [-0.39, 0.29) is 11.9 Å². The van der Waals surface area contributed by atoms with Crippen LogP contribution in [0.3, 0.4) is 0 Å². The molecule has 0 bridgehead atoms. The van der Waals surface area contributed by atoms with E-state index in [1.54, 1.807) is 17.1 Å². The van der Waals surface area contributed by atoms with Gasteiger partial charge in [-0.2, -0.15) is 5.10 Å². The van der Waals surface area contributed by atoms with Crippen molar-refractivity contribution >= 4 is 5.91 Å². The summed E-state index contributed by atoms with van der Waals surface area (Å²) in [4.78, 5) is 16.4. The molecule has 1 N–H and O–H groups in total. The molecule has 122 valence electrons. The highest BCUT2D eigenvalue weighted by Gasteiger charge is 2.11. The molecule has 0 radical (unpaired) electrons. The summed E-state index contributed by atoms with van der Waals surface area (Å²) in [5.41, 5.74) is 2.96. The predicted octanol–water partition coefficient (Wildman–Crippen LogP) is 3.08. The highest BCUT2D eigenvalue weighted by Crippen LogP contribution is 2.16. The van der Waals surface area contributed by atoms with Gasteiger partial charge in [0.2, 0.25) is 5.91 Å². The molecule has 1 unspecified atom stereocenters. The van der Waals surface area contributed by atoms with Gasteiger partial charge in [-0.3, -0.25) is 9.78 Å². The van der Waals surface area contributed by atoms with Gasteiger partial charge in [0.1, 0.15) is 0 Å². The van der Waals surface area contributed by atoms with Gasteiger partial charge in [0.25, 0.3) is 0 Å². The molecule has 0 aliphatic carbocycles. The van der Waals surface area contributed by atoms with E-state index in [0.717, 1.165) is 16.9 Å². The summed E-state index contributed by atoms with van der Waals surface area (Å²) in [6, 6.07) is 15.6. The van der Waals surface area contributed by atoms with E-state index >= 15 is 0 Å². The van der Waals surface area contributed by atoms with Crippen LogP contribution in [-0.2, 0) is 11.2 Å². The van der Waals surface area contributed by atoms with E-state index in [9.17, 15) is 4.79 Å². The maximum Gasteiger partial charge on any atom is 0.220 e. The van der Waals surface area contributed by atoms with Gasteiger partial charge >= 0.3 is 0 Å². The quantitative estimate of drug-likeness (QED) is 0.759. The highest BCUT2D eigenvalue weighted by molar-refractivity contribution is 5.76. The Bertz CT molecular complexity index is 784. The van der Waals surface area contributed by atoms with Crippen molar-refractivity contribution in [2.75, 3.05) is 0 Å². The minimum atomic E-state index is -0.0586. The van der Waals surface area contributed by atoms with Crippen molar-refractivity contribution in [2.24, 2.45) is 0 Å². The molecule has 0 aliphatic rings. The van der Waals surface area contributed by atoms with Crippen LogP contribution in [0.2, 0.25) is 0 Å². The fourth-order valence-corrected chi connectivity index (χ4v) is 2.54. The van der Waals surface area contributed by atoms with E-state index < -0.39 is 0 Å². The number of nitrogens with one attached hydrogen (secondary N) is 1. The molecule has 3 rings (SSSR count). The largest absolute Gasteiger partial charge is 0.350 e. The summed E-state index contributed by atoms with van der Waals surface area (Å²) < 4.78 is 1.80. The number of carbonyl (C=O) groups excluding carboxylic acids is 1. The molecule has 0 spiro atoms. The van der Waals surface area contributed by atoms with Crippen LogP contribution in [0.4, 0.5) is 0 Å². The molecule has 1 atom stereocenters. The molecule has 3 aromatic rings. The van der Waals surface area contributed by atoms with Crippen LogP contribution in [-0.4, -0.2) is 20.7 Å². The van der Waals surface area contributed by atoms with Crippen LogP contribution in [0, 0.1) is 0 Å². The number of aryl methyl sites for hydroxylation is 1. The molecule has 0 aliphatic heterocycles. The molecule has 0 saturated heterocycles. The second kappa shape index (κ2) is 7.55. The Labute approximate surface area is 141 Å². The first kappa shape index (κ1) is 15.9. The van der Waals surface area contributed by atoms with Crippen LogP contribution in [0.25, 0.3) is 5.69 Å². The van der Waals surface area contributed by atoms with Crippen molar-refractivity contribution in [3.63, 3.8) is 0 Å². The van der Waals surface area contributed by atoms with Gasteiger partial charge in [0.05, 0.1) is 11.7 Å². The average Bonchev–Trinajstić information content (AvgIpc) is 3.16. The zero-order valence-corrected chi connectivity index (χ0v) is 13.6. The van der Waals surface area contributed by atoms with Gasteiger partial charge in [-0.25, -0.2) is 4.68 Å². The fourth-order valence-electron chi connectivity index (χ4n) is 2.54. The Morgan fingerprint density at radius 1 is 1.17 bits per heavy atom. The third kappa shape index (κ3) is 4.07. The Hall–Kier alpha value is -2.95. The standard InChI is InChI=1S/C19H20N4O/c1-15(22-19(24)10-9-17-7-2-3-11-20-17)16-6-4-8-18(14-16)23-13-5-12-21-23/h2-8,11-15H,9-10H2,1H3,(H,22,24). The van der Waals surface area contributed by atoms with Crippen molar-refractivity contribution < 1.29 is 4.79 Å². The molecule has 5 heteroatoms. The number of rotatable bonds is 6. The first-order chi connectivity index (χ1) is 11.7. The molecular weight excluding hydrogens is 300 g/mol. The third-order valence-electron chi connectivity index (χ3n) is 3.85. The lowest BCUT2D eigenvalue weighted by molar-refractivity contribution is -0.121. The van der Waals surface area contributed by atoms with E-state index in [1.165, 1.54) is 0 Å².